The summed E-state index contributed by atoms with van der Waals surface area (Å²) < 4.78 is 0. The average Bonchev–Trinajstić information content (AvgIpc) is 2.37. The van der Waals surface area contributed by atoms with Crippen LogP contribution >= 0.6 is 37.3 Å². The summed E-state index contributed by atoms with van der Waals surface area (Å²) in [4.78, 5) is 13.4. The van der Waals surface area contributed by atoms with Crippen molar-refractivity contribution in [2.45, 2.75) is 9.88 Å². The molecule has 0 aliphatic heterocycles. The minimum atomic E-state index is -1.24. The molecule has 5 heteroatoms. The Morgan fingerprint density at radius 1 is 0.789 bits per heavy atom. The number of aromatic nitrogens is 2. The Balaban J connectivity index is 0.000000232. The van der Waals surface area contributed by atoms with E-state index in [1.165, 1.54) is 0 Å². The molecule has 0 aliphatic rings. The fourth-order valence-electron chi connectivity index (χ4n) is 1.68. The average molecular weight is 583 g/mol. The van der Waals surface area contributed by atoms with Gasteiger partial charge in [0.15, 0.2) is 0 Å². The molecule has 2 heterocycles. The monoisotopic (exact) mass is 584 g/mol. The van der Waals surface area contributed by atoms with Crippen molar-refractivity contribution in [1.29, 1.82) is 0 Å². The quantitative estimate of drug-likeness (QED) is 0.203. The third kappa shape index (κ3) is 4.96. The number of halogens is 2. The van der Waals surface area contributed by atoms with E-state index in [4.69, 9.17) is 0 Å². The second-order valence-corrected chi connectivity index (χ2v) is 62.1. The van der Waals surface area contributed by atoms with Crippen molar-refractivity contribution in [1.82, 2.24) is 9.97 Å². The molecule has 1 aromatic carbocycles. The zero-order valence-electron chi connectivity index (χ0n) is 10.8. The molecule has 0 bridgehead atoms. The number of fused-ring (bicyclic) bond motifs is 3. The van der Waals surface area contributed by atoms with Gasteiger partial charge in [-0.15, -0.1) is 0 Å². The van der Waals surface area contributed by atoms with E-state index in [0.717, 1.165) is 21.8 Å². The second-order valence-electron chi connectivity index (χ2n) is 4.54. The Labute approximate surface area is 136 Å². The van der Waals surface area contributed by atoms with Gasteiger partial charge in [0.25, 0.3) is 0 Å². The van der Waals surface area contributed by atoms with Crippen LogP contribution in [0.4, 0.5) is 0 Å². The molecule has 0 radical (unpaired) electrons. The van der Waals surface area contributed by atoms with E-state index < -0.39 is 10.4 Å². The molecule has 0 aliphatic carbocycles. The first-order chi connectivity index (χ1) is 8.95. The molecular weight excluding hydrogens is 569 g/mol. The molecule has 19 heavy (non-hydrogen) atoms. The summed E-state index contributed by atoms with van der Waals surface area (Å²) in [5.41, 5.74) is 1.95. The molecule has 0 saturated carbocycles. The van der Waals surface area contributed by atoms with Crippen molar-refractivity contribution >= 4 is 69.5 Å². The first kappa shape index (κ1) is 15.7. The van der Waals surface area contributed by atoms with E-state index in [0.29, 0.717) is 0 Å². The summed E-state index contributed by atoms with van der Waals surface area (Å²) in [7, 11) is -1.24. The van der Waals surface area contributed by atoms with Gasteiger partial charge in [-0.05, 0) is 12.1 Å². The summed E-state index contributed by atoms with van der Waals surface area (Å²) in [5.74, 6) is 0. The zero-order chi connectivity index (χ0) is 13.9. The van der Waals surface area contributed by atoms with Crippen molar-refractivity contribution in [3.63, 3.8) is 0 Å². The summed E-state index contributed by atoms with van der Waals surface area (Å²) in [6.07, 6.45) is 3.60. The smallest absolute Gasteiger partial charge is 0.0964 e. The van der Waals surface area contributed by atoms with Crippen LogP contribution in [0.5, 0.6) is 0 Å². The Morgan fingerprint density at radius 3 is 1.53 bits per heavy atom. The number of pyridine rings is 2. The van der Waals surface area contributed by atoms with E-state index in [2.05, 4.69) is 81.4 Å². The maximum Gasteiger partial charge on any atom is 0.0964 e. The van der Waals surface area contributed by atoms with Crippen LogP contribution in [-0.4, -0.2) is 20.4 Å². The van der Waals surface area contributed by atoms with Gasteiger partial charge in [-0.2, -0.15) is 0 Å². The van der Waals surface area contributed by atoms with Gasteiger partial charge in [0.2, 0.25) is 0 Å². The Hall–Kier alpha value is 0.299. The first-order valence-corrected chi connectivity index (χ1v) is 28.3. The third-order valence-electron chi connectivity index (χ3n) is 2.34. The normalized spacial score (nSPS) is 11.2. The number of nitrogens with zero attached hydrogens (tertiary/aromatic N) is 2. The number of rotatable bonds is 0. The first-order valence-electron chi connectivity index (χ1n) is 5.91. The molecule has 98 valence electrons. The Kier molecular flexibility index (Phi) is 5.64. The van der Waals surface area contributed by atoms with Crippen LogP contribution in [0.2, 0.25) is 9.88 Å². The molecule has 0 unspecified atom stereocenters. The van der Waals surface area contributed by atoms with E-state index >= 15 is 0 Å². The Morgan fingerprint density at radius 2 is 1.16 bits per heavy atom. The van der Waals surface area contributed by atoms with Gasteiger partial charge in [0, 0.05) is 23.2 Å². The van der Waals surface area contributed by atoms with Gasteiger partial charge in [-0.1, -0.05) is 24.3 Å². The molecule has 0 spiro atoms. The predicted octanol–water partition coefficient (Wildman–Crippen LogP) is 5.34. The predicted molar refractivity (Wildman–Crippen MR) is 103 cm³/mol. The van der Waals surface area contributed by atoms with Gasteiger partial charge in [0.05, 0.1) is 11.0 Å². The van der Waals surface area contributed by atoms with Gasteiger partial charge in [-0.25, -0.2) is 0 Å². The molecular formula is C14H14I2N2Sn. The molecule has 3 aromatic rings. The molecule has 0 atom stereocenters. The van der Waals surface area contributed by atoms with Gasteiger partial charge >= 0.3 is 57.6 Å². The van der Waals surface area contributed by atoms with Gasteiger partial charge < -0.3 is 0 Å². The fourth-order valence-corrected chi connectivity index (χ4v) is 1.68. The van der Waals surface area contributed by atoms with Crippen LogP contribution in [0, 0.1) is 0 Å². The van der Waals surface area contributed by atoms with E-state index in [9.17, 15) is 0 Å². The SMILES string of the molecule is [CH3][Sn]([CH3])([I])[I].c1cnc2c(c1)ccc1cccnc12. The third-order valence-corrected chi connectivity index (χ3v) is 2.34. The standard InChI is InChI=1S/C12H8N2.2CH3.2HI.Sn/c1-3-9-5-6-10-4-2-8-14-12(10)11(9)13-7-1;;;;;/h1-8H;2*1H3;2*1H;/q;;;;;+2/p-2. The molecule has 0 fully saturated rings. The summed E-state index contributed by atoms with van der Waals surface area (Å²) in [6, 6.07) is 12.1. The van der Waals surface area contributed by atoms with Crippen molar-refractivity contribution in [2.75, 3.05) is 0 Å². The van der Waals surface area contributed by atoms with Crippen LogP contribution in [-0.2, 0) is 0 Å². The summed E-state index contributed by atoms with van der Waals surface area (Å²) in [6.45, 7) is 0. The number of hydrogen-bond acceptors (Lipinski definition) is 2. The van der Waals surface area contributed by atoms with Crippen LogP contribution in [0.25, 0.3) is 21.8 Å². The second kappa shape index (κ2) is 6.84. The largest absolute Gasteiger partial charge is 0.254 e. The molecule has 0 amide bonds. The molecule has 3 rings (SSSR count). The number of hydrogen-bond donors (Lipinski definition) is 0. The molecule has 0 saturated heterocycles. The van der Waals surface area contributed by atoms with Crippen molar-refractivity contribution < 1.29 is 0 Å². The molecule has 2 aromatic heterocycles. The van der Waals surface area contributed by atoms with Gasteiger partial charge in [0.1, 0.15) is 0 Å². The minimum absolute atomic E-state index is 0.977. The fraction of sp³-hybridized carbons (Fsp3) is 0.143. The zero-order valence-corrected chi connectivity index (χ0v) is 17.9. The van der Waals surface area contributed by atoms with Crippen LogP contribution in [0.3, 0.4) is 0 Å². The van der Waals surface area contributed by atoms with E-state index in [1.807, 2.05) is 12.1 Å². The topological polar surface area (TPSA) is 25.8 Å². The van der Waals surface area contributed by atoms with Crippen molar-refractivity contribution in [3.8, 4) is 0 Å². The summed E-state index contributed by atoms with van der Waals surface area (Å²) >= 11 is 5.15. The van der Waals surface area contributed by atoms with Gasteiger partial charge in [-0.3, -0.25) is 9.97 Å². The molecule has 0 N–H and O–H groups in total. The maximum absolute atomic E-state index is 4.35. The van der Waals surface area contributed by atoms with E-state index in [-0.39, 0.29) is 0 Å². The maximum atomic E-state index is 4.35. The van der Waals surface area contributed by atoms with Crippen molar-refractivity contribution in [2.24, 2.45) is 0 Å². The van der Waals surface area contributed by atoms with Crippen LogP contribution < -0.4 is 0 Å². The van der Waals surface area contributed by atoms with Crippen LogP contribution in [0.15, 0.2) is 48.8 Å². The van der Waals surface area contributed by atoms with E-state index in [1.54, 1.807) is 12.4 Å². The Bertz CT molecular complexity index is 635. The summed E-state index contributed by atoms with van der Waals surface area (Å²) in [5, 5.41) is 2.28. The number of benzene rings is 1. The van der Waals surface area contributed by atoms with Crippen LogP contribution in [0.1, 0.15) is 0 Å². The molecule has 2 nitrogen and oxygen atoms in total. The minimum Gasteiger partial charge on any atom is -0.254 e. The van der Waals surface area contributed by atoms with Crippen molar-refractivity contribution in [3.05, 3.63) is 48.8 Å².